The van der Waals surface area contributed by atoms with Crippen LogP contribution >= 0.6 is 23.4 Å². The van der Waals surface area contributed by atoms with Gasteiger partial charge in [0.2, 0.25) is 0 Å². The van der Waals surface area contributed by atoms with E-state index >= 15 is 0 Å². The van der Waals surface area contributed by atoms with E-state index < -0.39 is 0 Å². The second kappa shape index (κ2) is 6.61. The summed E-state index contributed by atoms with van der Waals surface area (Å²) in [6.07, 6.45) is 2.05. The van der Waals surface area contributed by atoms with Crippen LogP contribution in [0.5, 0.6) is 0 Å². The molecular weight excluding hydrogens is 258 g/mol. The van der Waals surface area contributed by atoms with Crippen LogP contribution in [0, 0.1) is 0 Å². The first-order chi connectivity index (χ1) is 8.10. The number of amidine groups is 1. The fourth-order valence-corrected chi connectivity index (χ4v) is 2.06. The third-order valence-electron chi connectivity index (χ3n) is 2.39. The van der Waals surface area contributed by atoms with Crippen LogP contribution in [-0.2, 0) is 0 Å². The van der Waals surface area contributed by atoms with Crippen molar-refractivity contribution in [1.29, 1.82) is 0 Å². The summed E-state index contributed by atoms with van der Waals surface area (Å²) in [5.41, 5.74) is 7.18. The van der Waals surface area contributed by atoms with E-state index in [4.69, 9.17) is 22.5 Å². The van der Waals surface area contributed by atoms with E-state index in [0.29, 0.717) is 10.6 Å². The first kappa shape index (κ1) is 14.0. The van der Waals surface area contributed by atoms with Gasteiger partial charge in [-0.25, -0.2) is 0 Å². The number of benzene rings is 1. The molecule has 17 heavy (non-hydrogen) atoms. The average molecular weight is 274 g/mol. The zero-order chi connectivity index (χ0) is 12.8. The van der Waals surface area contributed by atoms with E-state index in [1.54, 1.807) is 23.9 Å². The van der Waals surface area contributed by atoms with Gasteiger partial charge in [0.05, 0.1) is 0 Å². The maximum atomic E-state index is 8.75. The lowest BCUT2D eigenvalue weighted by molar-refractivity contribution is 0.318. The number of thioether (sulfide) groups is 1. The van der Waals surface area contributed by atoms with Crippen molar-refractivity contribution in [2.45, 2.75) is 0 Å². The summed E-state index contributed by atoms with van der Waals surface area (Å²) in [6, 6.07) is 5.29. The number of hydrogen-bond donors (Lipinski definition) is 2. The van der Waals surface area contributed by atoms with Crippen molar-refractivity contribution in [3.05, 3.63) is 28.8 Å². The van der Waals surface area contributed by atoms with Crippen molar-refractivity contribution in [2.24, 2.45) is 10.9 Å². The van der Waals surface area contributed by atoms with Crippen molar-refractivity contribution in [3.8, 4) is 0 Å². The van der Waals surface area contributed by atoms with Crippen LogP contribution in [0.4, 0.5) is 5.69 Å². The molecule has 0 amide bonds. The predicted octanol–water partition coefficient (Wildman–Crippen LogP) is 2.23. The van der Waals surface area contributed by atoms with E-state index in [1.807, 2.05) is 18.0 Å². The van der Waals surface area contributed by atoms with Gasteiger partial charge in [-0.05, 0) is 24.5 Å². The van der Waals surface area contributed by atoms with Gasteiger partial charge in [-0.15, -0.1) is 0 Å². The van der Waals surface area contributed by atoms with Crippen molar-refractivity contribution >= 4 is 34.9 Å². The summed E-state index contributed by atoms with van der Waals surface area (Å²) in [7, 11) is 1.95. The molecule has 0 saturated heterocycles. The largest absolute Gasteiger partial charge is 0.409 e. The normalized spacial score (nSPS) is 11.6. The molecule has 0 aliphatic rings. The van der Waals surface area contributed by atoms with Crippen LogP contribution in [0.2, 0.25) is 5.02 Å². The zero-order valence-electron chi connectivity index (χ0n) is 9.85. The molecular formula is C11H16ClN3OS. The minimum atomic E-state index is 0.0904. The lowest BCUT2D eigenvalue weighted by Crippen LogP contribution is -2.24. The molecule has 4 nitrogen and oxygen atoms in total. The second-order valence-corrected chi connectivity index (χ2v) is 4.98. The van der Waals surface area contributed by atoms with Gasteiger partial charge in [0.15, 0.2) is 5.84 Å². The fourth-order valence-electron chi connectivity index (χ4n) is 1.44. The first-order valence-electron chi connectivity index (χ1n) is 5.07. The lowest BCUT2D eigenvalue weighted by Gasteiger charge is -2.21. The molecule has 0 radical (unpaired) electrons. The van der Waals surface area contributed by atoms with Gasteiger partial charge in [-0.2, -0.15) is 11.8 Å². The average Bonchev–Trinajstić information content (AvgIpc) is 2.34. The summed E-state index contributed by atoms with van der Waals surface area (Å²) in [5.74, 6) is 1.09. The number of nitrogens with zero attached hydrogens (tertiary/aromatic N) is 2. The highest BCUT2D eigenvalue weighted by atomic mass is 35.5. The molecule has 0 unspecified atom stereocenters. The van der Waals surface area contributed by atoms with Crippen molar-refractivity contribution < 1.29 is 5.21 Å². The summed E-state index contributed by atoms with van der Waals surface area (Å²) in [5, 5.41) is 12.4. The van der Waals surface area contributed by atoms with Gasteiger partial charge in [0, 0.05) is 35.6 Å². The van der Waals surface area contributed by atoms with Gasteiger partial charge in [0.1, 0.15) is 0 Å². The van der Waals surface area contributed by atoms with Crippen LogP contribution < -0.4 is 10.6 Å². The number of hydrogen-bond acceptors (Lipinski definition) is 4. The summed E-state index contributed by atoms with van der Waals surface area (Å²) < 4.78 is 0. The Bertz CT molecular complexity index is 412. The molecule has 0 saturated carbocycles. The third kappa shape index (κ3) is 3.71. The molecule has 0 aliphatic heterocycles. The molecule has 0 fully saturated rings. The smallest absolute Gasteiger partial charge is 0.172 e. The minimum Gasteiger partial charge on any atom is -0.409 e. The van der Waals surface area contributed by atoms with E-state index in [-0.39, 0.29) is 5.84 Å². The Morgan fingerprint density at radius 3 is 2.88 bits per heavy atom. The predicted molar refractivity (Wildman–Crippen MR) is 75.6 cm³/mol. The summed E-state index contributed by atoms with van der Waals surface area (Å²) >= 11 is 7.73. The molecule has 6 heteroatoms. The van der Waals surface area contributed by atoms with Crippen molar-refractivity contribution in [3.63, 3.8) is 0 Å². The molecule has 1 aromatic carbocycles. The van der Waals surface area contributed by atoms with Gasteiger partial charge in [-0.3, -0.25) is 0 Å². The third-order valence-corrected chi connectivity index (χ3v) is 3.21. The van der Waals surface area contributed by atoms with Crippen molar-refractivity contribution in [1.82, 2.24) is 0 Å². The number of anilines is 1. The van der Waals surface area contributed by atoms with E-state index in [1.165, 1.54) is 0 Å². The Morgan fingerprint density at radius 1 is 1.59 bits per heavy atom. The maximum Gasteiger partial charge on any atom is 0.172 e. The molecule has 0 aliphatic carbocycles. The number of rotatable bonds is 5. The molecule has 0 heterocycles. The van der Waals surface area contributed by atoms with Crippen LogP contribution in [-0.4, -0.2) is 36.6 Å². The maximum absolute atomic E-state index is 8.75. The standard InChI is InChI=1S/C11H16ClN3OS/c1-15(5-6-17-2)10-7-8(12)3-4-9(10)11(13)14-16/h3-4,7,16H,5-6H2,1-2H3,(H2,13,14). The quantitative estimate of drug-likeness (QED) is 0.374. The van der Waals surface area contributed by atoms with E-state index in [0.717, 1.165) is 18.0 Å². The van der Waals surface area contributed by atoms with E-state index in [9.17, 15) is 0 Å². The Labute approximate surface area is 110 Å². The van der Waals surface area contributed by atoms with Crippen LogP contribution in [0.1, 0.15) is 5.56 Å². The monoisotopic (exact) mass is 273 g/mol. The SMILES string of the molecule is CSCCN(C)c1cc(Cl)ccc1/C(N)=N/O. The Hall–Kier alpha value is -1.07. The van der Waals surface area contributed by atoms with Crippen LogP contribution in [0.15, 0.2) is 23.4 Å². The number of halogens is 1. The summed E-state index contributed by atoms with van der Waals surface area (Å²) in [6.45, 7) is 0.868. The molecule has 0 aromatic heterocycles. The first-order valence-corrected chi connectivity index (χ1v) is 6.85. The zero-order valence-corrected chi connectivity index (χ0v) is 11.4. The molecule has 0 spiro atoms. The Balaban J connectivity index is 3.06. The highest BCUT2D eigenvalue weighted by molar-refractivity contribution is 7.98. The van der Waals surface area contributed by atoms with Crippen LogP contribution in [0.3, 0.4) is 0 Å². The topological polar surface area (TPSA) is 61.8 Å². The van der Waals surface area contributed by atoms with E-state index in [2.05, 4.69) is 11.4 Å². The summed E-state index contributed by atoms with van der Waals surface area (Å²) in [4.78, 5) is 2.04. The molecule has 1 rings (SSSR count). The van der Waals surface area contributed by atoms with Gasteiger partial charge < -0.3 is 15.8 Å². The Kier molecular flexibility index (Phi) is 5.44. The van der Waals surface area contributed by atoms with Crippen molar-refractivity contribution in [2.75, 3.05) is 30.5 Å². The van der Waals surface area contributed by atoms with Gasteiger partial charge in [-0.1, -0.05) is 16.8 Å². The molecule has 0 atom stereocenters. The molecule has 0 bridgehead atoms. The minimum absolute atomic E-state index is 0.0904. The lowest BCUT2D eigenvalue weighted by atomic mass is 10.1. The molecule has 1 aromatic rings. The second-order valence-electron chi connectivity index (χ2n) is 3.56. The number of oxime groups is 1. The number of nitrogens with two attached hydrogens (primary N) is 1. The highest BCUT2D eigenvalue weighted by Gasteiger charge is 2.11. The van der Waals surface area contributed by atoms with Gasteiger partial charge >= 0.3 is 0 Å². The Morgan fingerprint density at radius 2 is 2.29 bits per heavy atom. The highest BCUT2D eigenvalue weighted by Crippen LogP contribution is 2.24. The fraction of sp³-hybridized carbons (Fsp3) is 0.364. The molecule has 94 valence electrons. The van der Waals surface area contributed by atoms with Crippen LogP contribution in [0.25, 0.3) is 0 Å². The van der Waals surface area contributed by atoms with Gasteiger partial charge in [0.25, 0.3) is 0 Å². The molecule has 3 N–H and O–H groups in total.